The molecule has 1 fully saturated rings. The minimum Gasteiger partial charge on any atom is -0.363 e. The minimum absolute atomic E-state index is 0.0612. The lowest BCUT2D eigenvalue weighted by Crippen LogP contribution is -2.47. The number of rotatable bonds is 6. The van der Waals surface area contributed by atoms with Gasteiger partial charge in [0.05, 0.1) is 17.0 Å². The molecule has 0 atom stereocenters. The molecule has 0 unspecified atom stereocenters. The van der Waals surface area contributed by atoms with Gasteiger partial charge in [0.15, 0.2) is 15.6 Å². The summed E-state index contributed by atoms with van der Waals surface area (Å²) < 4.78 is 25.0. The molecule has 0 aromatic carbocycles. The van der Waals surface area contributed by atoms with Gasteiger partial charge < -0.3 is 4.90 Å². The summed E-state index contributed by atoms with van der Waals surface area (Å²) >= 11 is 0. The van der Waals surface area contributed by atoms with Gasteiger partial charge in [0.25, 0.3) is 0 Å². The second kappa shape index (κ2) is 7.40. The first-order valence-electron chi connectivity index (χ1n) is 10.2. The Morgan fingerprint density at radius 1 is 1.23 bits per heavy atom. The van der Waals surface area contributed by atoms with E-state index in [0.717, 1.165) is 28.1 Å². The number of hydrogen-bond acceptors (Lipinski definition) is 7. The van der Waals surface area contributed by atoms with E-state index in [9.17, 15) is 13.2 Å². The molecule has 1 saturated heterocycles. The van der Waals surface area contributed by atoms with E-state index in [1.54, 1.807) is 12.4 Å². The Morgan fingerprint density at radius 3 is 2.55 bits per heavy atom. The molecule has 4 rings (SSSR count). The molecule has 0 amide bonds. The van der Waals surface area contributed by atoms with E-state index in [1.165, 1.54) is 0 Å². The van der Waals surface area contributed by atoms with Crippen molar-refractivity contribution < 1.29 is 13.2 Å². The van der Waals surface area contributed by atoms with E-state index in [1.807, 2.05) is 62.6 Å². The third kappa shape index (κ3) is 4.06. The highest BCUT2D eigenvalue weighted by atomic mass is 32.2. The molecule has 1 aliphatic heterocycles. The molecule has 0 radical (unpaired) electrons. The first-order chi connectivity index (χ1) is 14.5. The van der Waals surface area contributed by atoms with Crippen molar-refractivity contribution in [2.45, 2.75) is 33.2 Å². The molecule has 0 N–H and O–H groups in total. The van der Waals surface area contributed by atoms with Gasteiger partial charge in [-0.25, -0.2) is 13.4 Å². The van der Waals surface area contributed by atoms with Crippen molar-refractivity contribution >= 4 is 32.5 Å². The third-order valence-electron chi connectivity index (χ3n) is 5.56. The first-order valence-corrected chi connectivity index (χ1v) is 12.1. The number of carbonyl (C=O) groups excluding carboxylic acids is 1. The number of fused-ring (bicyclic) bond motifs is 1. The minimum atomic E-state index is -3.00. The molecule has 0 spiro atoms. The Morgan fingerprint density at radius 2 is 1.94 bits per heavy atom. The zero-order valence-electron chi connectivity index (χ0n) is 18.5. The van der Waals surface area contributed by atoms with Crippen LogP contribution in [-0.4, -0.2) is 59.6 Å². The highest BCUT2D eigenvalue weighted by Crippen LogP contribution is 2.37. The van der Waals surface area contributed by atoms with Crippen molar-refractivity contribution in [2.24, 2.45) is 5.41 Å². The van der Waals surface area contributed by atoms with Crippen LogP contribution in [0.4, 0.5) is 5.82 Å². The number of sulfone groups is 1. The van der Waals surface area contributed by atoms with Gasteiger partial charge in [0, 0.05) is 55.5 Å². The number of carbonyl (C=O) groups is 1. The maximum atomic E-state index is 12.9. The fourth-order valence-corrected chi connectivity index (χ4v) is 6.42. The molecule has 9 heteroatoms. The molecular weight excluding hydrogens is 414 g/mol. The maximum Gasteiger partial charge on any atom is 0.165 e. The summed E-state index contributed by atoms with van der Waals surface area (Å²) in [6.07, 6.45) is 3.51. The van der Waals surface area contributed by atoms with E-state index < -0.39 is 15.3 Å². The SMILES string of the molecule is CC(C)n1nc(-c2ccnc(N(C)C)c2)c2ncc(C(=O)CC3(C)CS(=O)(=O)C3)cc21. The van der Waals surface area contributed by atoms with Crippen molar-refractivity contribution in [3.8, 4) is 11.3 Å². The van der Waals surface area contributed by atoms with Gasteiger partial charge in [0.2, 0.25) is 0 Å². The van der Waals surface area contributed by atoms with Gasteiger partial charge in [-0.15, -0.1) is 0 Å². The second-order valence-corrected chi connectivity index (χ2v) is 11.3. The molecule has 0 bridgehead atoms. The summed E-state index contributed by atoms with van der Waals surface area (Å²) in [5.41, 5.74) is 3.14. The van der Waals surface area contributed by atoms with Gasteiger partial charge in [-0.2, -0.15) is 5.10 Å². The van der Waals surface area contributed by atoms with Crippen LogP contribution < -0.4 is 4.90 Å². The average molecular weight is 442 g/mol. The Balaban J connectivity index is 1.74. The Bertz CT molecular complexity index is 1270. The fourth-order valence-electron chi connectivity index (χ4n) is 4.18. The van der Waals surface area contributed by atoms with E-state index >= 15 is 0 Å². The van der Waals surface area contributed by atoms with Crippen molar-refractivity contribution in [3.63, 3.8) is 0 Å². The normalized spacial score (nSPS) is 17.0. The van der Waals surface area contributed by atoms with Crippen LogP contribution >= 0.6 is 0 Å². The summed E-state index contributed by atoms with van der Waals surface area (Å²) in [4.78, 5) is 23.8. The van der Waals surface area contributed by atoms with Crippen molar-refractivity contribution in [1.82, 2.24) is 19.7 Å². The smallest absolute Gasteiger partial charge is 0.165 e. The number of nitrogens with zero attached hydrogens (tertiary/aromatic N) is 5. The van der Waals surface area contributed by atoms with Gasteiger partial charge in [-0.05, 0) is 32.0 Å². The van der Waals surface area contributed by atoms with Gasteiger partial charge in [0.1, 0.15) is 17.0 Å². The fraction of sp³-hybridized carbons (Fsp3) is 0.455. The molecule has 164 valence electrons. The zero-order chi connectivity index (χ0) is 22.6. The van der Waals surface area contributed by atoms with E-state index in [-0.39, 0.29) is 29.8 Å². The third-order valence-corrected chi connectivity index (χ3v) is 7.83. The van der Waals surface area contributed by atoms with Crippen LogP contribution in [0, 0.1) is 5.41 Å². The van der Waals surface area contributed by atoms with Crippen LogP contribution in [0.15, 0.2) is 30.6 Å². The summed E-state index contributed by atoms with van der Waals surface area (Å²) in [6.45, 7) is 5.91. The average Bonchev–Trinajstić information content (AvgIpc) is 3.05. The van der Waals surface area contributed by atoms with Crippen LogP contribution in [0.2, 0.25) is 0 Å². The van der Waals surface area contributed by atoms with Crippen LogP contribution in [-0.2, 0) is 9.84 Å². The molecule has 8 nitrogen and oxygen atoms in total. The maximum absolute atomic E-state index is 12.9. The Labute approximate surface area is 182 Å². The predicted molar refractivity (Wildman–Crippen MR) is 121 cm³/mol. The molecule has 0 aliphatic carbocycles. The molecule has 3 aromatic heterocycles. The van der Waals surface area contributed by atoms with Crippen LogP contribution in [0.25, 0.3) is 22.3 Å². The van der Waals surface area contributed by atoms with Crippen molar-refractivity contribution in [2.75, 3.05) is 30.5 Å². The molecule has 31 heavy (non-hydrogen) atoms. The largest absolute Gasteiger partial charge is 0.363 e. The number of pyridine rings is 2. The summed E-state index contributed by atoms with van der Waals surface area (Å²) in [5, 5.41) is 4.80. The molecular formula is C22H27N5O3S. The highest BCUT2D eigenvalue weighted by Gasteiger charge is 2.45. The second-order valence-electron chi connectivity index (χ2n) is 9.22. The highest BCUT2D eigenvalue weighted by molar-refractivity contribution is 7.92. The lowest BCUT2D eigenvalue weighted by molar-refractivity contribution is 0.0936. The number of hydrogen-bond donors (Lipinski definition) is 0. The van der Waals surface area contributed by atoms with Gasteiger partial charge in [-0.1, -0.05) is 6.92 Å². The van der Waals surface area contributed by atoms with Crippen LogP contribution in [0.3, 0.4) is 0 Å². The molecule has 0 saturated carbocycles. The number of aromatic nitrogens is 4. The van der Waals surface area contributed by atoms with Gasteiger partial charge in [-0.3, -0.25) is 14.5 Å². The van der Waals surface area contributed by atoms with E-state index in [4.69, 9.17) is 5.10 Å². The summed E-state index contributed by atoms with van der Waals surface area (Å²) in [5.74, 6) is 0.848. The number of ketones is 1. The quantitative estimate of drug-likeness (QED) is 0.542. The van der Waals surface area contributed by atoms with Crippen LogP contribution in [0.1, 0.15) is 43.6 Å². The zero-order valence-corrected chi connectivity index (χ0v) is 19.3. The predicted octanol–water partition coefficient (Wildman–Crippen LogP) is 3.15. The molecule has 1 aliphatic rings. The number of Topliss-reactive ketones (excluding diaryl/α,β-unsaturated/α-hetero) is 1. The molecule has 3 aromatic rings. The Hall–Kier alpha value is -2.81. The van der Waals surface area contributed by atoms with E-state index in [0.29, 0.717) is 5.56 Å². The van der Waals surface area contributed by atoms with Crippen molar-refractivity contribution in [1.29, 1.82) is 0 Å². The lowest BCUT2D eigenvalue weighted by atomic mass is 9.86. The Kier molecular flexibility index (Phi) is 5.12. The molecule has 4 heterocycles. The van der Waals surface area contributed by atoms with Crippen molar-refractivity contribution in [3.05, 3.63) is 36.2 Å². The van der Waals surface area contributed by atoms with Gasteiger partial charge >= 0.3 is 0 Å². The monoisotopic (exact) mass is 441 g/mol. The number of anilines is 1. The summed E-state index contributed by atoms with van der Waals surface area (Å²) in [6, 6.07) is 5.77. The topological polar surface area (TPSA) is 98.1 Å². The van der Waals surface area contributed by atoms with Crippen LogP contribution in [0.5, 0.6) is 0 Å². The lowest BCUT2D eigenvalue weighted by Gasteiger charge is -2.37. The first kappa shape index (κ1) is 21.4. The summed E-state index contributed by atoms with van der Waals surface area (Å²) in [7, 11) is 0.866. The van der Waals surface area contributed by atoms with E-state index in [2.05, 4.69) is 9.97 Å². The standard InChI is InChI=1S/C22H27N5O3S/c1-14(2)27-17-8-16(18(28)10-22(3)12-31(29,30)13-22)11-24-21(17)20(25-27)15-6-7-23-19(9-15)26(4)5/h6-9,11,14H,10,12-13H2,1-5H3.